The van der Waals surface area contributed by atoms with Gasteiger partial charge in [0.15, 0.2) is 0 Å². The molecule has 0 nitrogen and oxygen atoms in total. The highest BCUT2D eigenvalue weighted by Crippen LogP contribution is 2.57. The first-order valence-corrected chi connectivity index (χ1v) is 5.13. The molecule has 0 aromatic rings. The maximum absolute atomic E-state index is 2.46. The Balaban J connectivity index is 2.21. The fourth-order valence-electron chi connectivity index (χ4n) is 3.69. The molecule has 64 valence electrons. The summed E-state index contributed by atoms with van der Waals surface area (Å²) in [6, 6.07) is 0. The molecule has 0 amide bonds. The lowest BCUT2D eigenvalue weighted by Gasteiger charge is -2.34. The molecule has 2 aliphatic rings. The van der Waals surface area contributed by atoms with E-state index in [1.807, 2.05) is 0 Å². The van der Waals surface area contributed by atoms with Gasteiger partial charge in [0.2, 0.25) is 0 Å². The molecule has 0 radical (unpaired) electrons. The topological polar surface area (TPSA) is 0 Å². The van der Waals surface area contributed by atoms with Crippen molar-refractivity contribution in [2.24, 2.45) is 35.5 Å². The van der Waals surface area contributed by atoms with Crippen molar-refractivity contribution in [2.75, 3.05) is 0 Å². The third-order valence-electron chi connectivity index (χ3n) is 4.90. The summed E-state index contributed by atoms with van der Waals surface area (Å²) in [7, 11) is 0. The van der Waals surface area contributed by atoms with Crippen LogP contribution in [0.25, 0.3) is 0 Å². The predicted molar refractivity (Wildman–Crippen MR) is 48.3 cm³/mol. The summed E-state index contributed by atoms with van der Waals surface area (Å²) in [6.07, 6.45) is 1.53. The minimum atomic E-state index is 1.01. The van der Waals surface area contributed by atoms with Crippen LogP contribution in [0.2, 0.25) is 0 Å². The van der Waals surface area contributed by atoms with Gasteiger partial charge in [-0.3, -0.25) is 0 Å². The molecule has 0 heterocycles. The van der Waals surface area contributed by atoms with E-state index in [9.17, 15) is 0 Å². The maximum Gasteiger partial charge on any atom is -0.0355 e. The normalized spacial score (nSPS) is 62.2. The Morgan fingerprint density at radius 3 is 1.09 bits per heavy atom. The average Bonchev–Trinajstić information content (AvgIpc) is 2.40. The van der Waals surface area contributed by atoms with Gasteiger partial charge >= 0.3 is 0 Å². The van der Waals surface area contributed by atoms with E-state index in [0.717, 1.165) is 35.5 Å². The van der Waals surface area contributed by atoms with Crippen molar-refractivity contribution in [3.05, 3.63) is 0 Å². The number of hydrogen-bond donors (Lipinski definition) is 0. The van der Waals surface area contributed by atoms with Crippen LogP contribution in [0.3, 0.4) is 0 Å². The lowest BCUT2D eigenvalue weighted by atomic mass is 9.71. The van der Waals surface area contributed by atoms with Crippen molar-refractivity contribution < 1.29 is 0 Å². The van der Waals surface area contributed by atoms with Crippen molar-refractivity contribution in [3.63, 3.8) is 0 Å². The fraction of sp³-hybridized carbons (Fsp3) is 1.00. The van der Waals surface area contributed by atoms with Crippen LogP contribution in [-0.4, -0.2) is 0 Å². The van der Waals surface area contributed by atoms with Gasteiger partial charge in [-0.15, -0.1) is 0 Å². The Bertz CT molecular complexity index is 127. The SMILES string of the molecule is CC1C(C)C2CC1C(C)[C@@H]2C. The van der Waals surface area contributed by atoms with Crippen LogP contribution >= 0.6 is 0 Å². The smallest absolute Gasteiger partial charge is 0.0355 e. The van der Waals surface area contributed by atoms with Crippen LogP contribution in [0.1, 0.15) is 34.1 Å². The van der Waals surface area contributed by atoms with Gasteiger partial charge < -0.3 is 0 Å². The molecule has 2 fully saturated rings. The van der Waals surface area contributed by atoms with E-state index in [4.69, 9.17) is 0 Å². The summed E-state index contributed by atoms with van der Waals surface area (Å²) in [5.41, 5.74) is 0. The molecule has 0 aromatic heterocycles. The first-order chi connectivity index (χ1) is 5.13. The Labute approximate surface area is 70.4 Å². The van der Waals surface area contributed by atoms with E-state index in [0.29, 0.717) is 0 Å². The molecule has 0 aliphatic heterocycles. The lowest BCUT2D eigenvalue weighted by Crippen LogP contribution is -2.28. The molecule has 0 N–H and O–H groups in total. The minimum absolute atomic E-state index is 1.01. The summed E-state index contributed by atoms with van der Waals surface area (Å²) in [4.78, 5) is 0. The molecular formula is C11H20. The van der Waals surface area contributed by atoms with E-state index in [1.165, 1.54) is 6.42 Å². The van der Waals surface area contributed by atoms with Crippen molar-refractivity contribution in [2.45, 2.75) is 34.1 Å². The second-order valence-corrected chi connectivity index (χ2v) is 5.00. The van der Waals surface area contributed by atoms with Gasteiger partial charge in [-0.05, 0) is 41.9 Å². The highest BCUT2D eigenvalue weighted by Gasteiger charge is 2.50. The third-order valence-corrected chi connectivity index (χ3v) is 4.90. The third kappa shape index (κ3) is 0.816. The molecule has 6 atom stereocenters. The van der Waals surface area contributed by atoms with E-state index in [1.54, 1.807) is 0 Å². The molecule has 0 spiro atoms. The predicted octanol–water partition coefficient (Wildman–Crippen LogP) is 3.18. The number of rotatable bonds is 0. The Morgan fingerprint density at radius 2 is 0.909 bits per heavy atom. The molecule has 0 saturated heterocycles. The van der Waals surface area contributed by atoms with Crippen LogP contribution in [0, 0.1) is 35.5 Å². The Morgan fingerprint density at radius 1 is 0.636 bits per heavy atom. The Kier molecular flexibility index (Phi) is 1.56. The summed E-state index contributed by atoms with van der Waals surface area (Å²) in [5.74, 6) is 6.14. The highest BCUT2D eigenvalue weighted by molar-refractivity contribution is 4.99. The van der Waals surface area contributed by atoms with Crippen molar-refractivity contribution in [3.8, 4) is 0 Å². The average molecular weight is 152 g/mol. The van der Waals surface area contributed by atoms with Crippen molar-refractivity contribution in [1.82, 2.24) is 0 Å². The van der Waals surface area contributed by atoms with E-state index >= 15 is 0 Å². The zero-order chi connectivity index (χ0) is 8.17. The molecule has 2 bridgehead atoms. The van der Waals surface area contributed by atoms with E-state index in [-0.39, 0.29) is 0 Å². The van der Waals surface area contributed by atoms with Gasteiger partial charge in [-0.25, -0.2) is 0 Å². The molecule has 2 aliphatic carbocycles. The fourth-order valence-corrected chi connectivity index (χ4v) is 3.69. The molecule has 2 saturated carbocycles. The second kappa shape index (κ2) is 2.24. The lowest BCUT2D eigenvalue weighted by molar-refractivity contribution is 0.140. The first-order valence-electron chi connectivity index (χ1n) is 5.13. The van der Waals surface area contributed by atoms with Gasteiger partial charge in [0.05, 0.1) is 0 Å². The molecule has 0 heteroatoms. The molecule has 11 heavy (non-hydrogen) atoms. The molecule has 0 aromatic carbocycles. The summed E-state index contributed by atoms with van der Waals surface area (Å²) < 4.78 is 0. The van der Waals surface area contributed by atoms with Crippen LogP contribution in [-0.2, 0) is 0 Å². The van der Waals surface area contributed by atoms with Crippen LogP contribution in [0.15, 0.2) is 0 Å². The molecular weight excluding hydrogens is 132 g/mol. The van der Waals surface area contributed by atoms with Crippen molar-refractivity contribution in [1.29, 1.82) is 0 Å². The Hall–Kier alpha value is 0. The largest absolute Gasteiger partial charge is 0.0620 e. The zero-order valence-electron chi connectivity index (χ0n) is 8.17. The molecule has 5 unspecified atom stereocenters. The van der Waals surface area contributed by atoms with Crippen LogP contribution in [0.5, 0.6) is 0 Å². The monoisotopic (exact) mass is 152 g/mol. The van der Waals surface area contributed by atoms with E-state index in [2.05, 4.69) is 27.7 Å². The minimum Gasteiger partial charge on any atom is -0.0620 e. The number of hydrogen-bond acceptors (Lipinski definition) is 0. The van der Waals surface area contributed by atoms with E-state index < -0.39 is 0 Å². The maximum atomic E-state index is 2.46. The van der Waals surface area contributed by atoms with Gasteiger partial charge in [0, 0.05) is 0 Å². The summed E-state index contributed by atoms with van der Waals surface area (Å²) in [5, 5.41) is 0. The first kappa shape index (κ1) is 7.64. The van der Waals surface area contributed by atoms with Crippen LogP contribution in [0.4, 0.5) is 0 Å². The van der Waals surface area contributed by atoms with Gasteiger partial charge in [0.25, 0.3) is 0 Å². The van der Waals surface area contributed by atoms with Crippen molar-refractivity contribution >= 4 is 0 Å². The highest BCUT2D eigenvalue weighted by atomic mass is 14.6. The van der Waals surface area contributed by atoms with Gasteiger partial charge in [-0.2, -0.15) is 0 Å². The second-order valence-electron chi connectivity index (χ2n) is 5.00. The summed E-state index contributed by atoms with van der Waals surface area (Å²) in [6.45, 7) is 9.82. The standard InChI is InChI=1S/C11H20/c1-6-7(2)11-5-10(6)8(3)9(11)4/h6-11H,5H2,1-4H3/t6-,7?,8?,9?,10?,11?/m0/s1. The zero-order valence-corrected chi connectivity index (χ0v) is 8.17. The van der Waals surface area contributed by atoms with Gasteiger partial charge in [0.1, 0.15) is 0 Å². The quantitative estimate of drug-likeness (QED) is 0.500. The van der Waals surface area contributed by atoms with Crippen LogP contribution < -0.4 is 0 Å². The number of fused-ring (bicyclic) bond motifs is 2. The van der Waals surface area contributed by atoms with Gasteiger partial charge in [-0.1, -0.05) is 27.7 Å². The summed E-state index contributed by atoms with van der Waals surface area (Å²) >= 11 is 0. The molecule has 2 rings (SSSR count).